The zero-order valence-corrected chi connectivity index (χ0v) is 15.1. The van der Waals surface area contributed by atoms with Crippen LogP contribution in [0, 0.1) is 0 Å². The van der Waals surface area contributed by atoms with Gasteiger partial charge in [-0.1, -0.05) is 23.4 Å². The number of likely N-dealkylation sites (N-methyl/N-ethyl adjacent to an activating group) is 1. The van der Waals surface area contributed by atoms with Crippen LogP contribution in [0.3, 0.4) is 0 Å². The number of fused-ring (bicyclic) bond motifs is 1. The van der Waals surface area contributed by atoms with Crippen molar-refractivity contribution in [1.29, 1.82) is 0 Å². The monoisotopic (exact) mass is 354 g/mol. The van der Waals surface area contributed by atoms with E-state index >= 15 is 0 Å². The summed E-state index contributed by atoms with van der Waals surface area (Å²) in [5.74, 6) is 0.965. The third kappa shape index (κ3) is 2.81. The average Bonchev–Trinajstić information content (AvgIpc) is 3.12. The van der Waals surface area contributed by atoms with Crippen molar-refractivity contribution < 1.29 is 4.52 Å². The molecule has 1 atom stereocenters. The Morgan fingerprint density at radius 2 is 2.04 bits per heavy atom. The van der Waals surface area contributed by atoms with Crippen molar-refractivity contribution in [2.75, 3.05) is 26.7 Å². The van der Waals surface area contributed by atoms with Gasteiger partial charge in [0.2, 0.25) is 0 Å². The lowest BCUT2D eigenvalue weighted by Gasteiger charge is -2.30. The molecule has 0 spiro atoms. The number of aromatic nitrogens is 4. The van der Waals surface area contributed by atoms with Crippen molar-refractivity contribution in [3.05, 3.63) is 40.4 Å². The van der Waals surface area contributed by atoms with Gasteiger partial charge in [-0.15, -0.1) is 0 Å². The minimum atomic E-state index is -0.115. The molecule has 0 aliphatic carbocycles. The third-order valence-electron chi connectivity index (χ3n) is 4.77. The van der Waals surface area contributed by atoms with Gasteiger partial charge in [-0.25, -0.2) is 4.68 Å². The molecule has 8 heteroatoms. The number of nitrogens with zero attached hydrogens (tertiary/aromatic N) is 5. The highest BCUT2D eigenvalue weighted by atomic mass is 16.5. The van der Waals surface area contributed by atoms with Crippen molar-refractivity contribution >= 4 is 10.8 Å². The second kappa shape index (κ2) is 6.62. The summed E-state index contributed by atoms with van der Waals surface area (Å²) in [4.78, 5) is 19.5. The van der Waals surface area contributed by atoms with E-state index in [1.54, 1.807) is 6.07 Å². The van der Waals surface area contributed by atoms with Crippen molar-refractivity contribution in [2.45, 2.75) is 25.9 Å². The summed E-state index contributed by atoms with van der Waals surface area (Å²) in [6.07, 6.45) is 0. The van der Waals surface area contributed by atoms with Gasteiger partial charge < -0.3 is 9.84 Å². The zero-order chi connectivity index (χ0) is 18.3. The molecule has 0 amide bonds. The highest BCUT2D eigenvalue weighted by Gasteiger charge is 2.26. The van der Waals surface area contributed by atoms with E-state index in [9.17, 15) is 4.79 Å². The van der Waals surface area contributed by atoms with E-state index in [1.807, 2.05) is 39.1 Å². The maximum atomic E-state index is 12.7. The quantitative estimate of drug-likeness (QED) is 0.764. The first-order chi connectivity index (χ1) is 12.6. The van der Waals surface area contributed by atoms with E-state index in [1.165, 1.54) is 4.68 Å². The zero-order valence-electron chi connectivity index (χ0n) is 15.1. The summed E-state index contributed by atoms with van der Waals surface area (Å²) in [5.41, 5.74) is 0.425. The van der Waals surface area contributed by atoms with Crippen LogP contribution < -0.4 is 10.9 Å². The molecule has 3 aromatic rings. The molecule has 3 heterocycles. The molecule has 4 rings (SSSR count). The molecule has 136 valence electrons. The van der Waals surface area contributed by atoms with Gasteiger partial charge in [-0.3, -0.25) is 9.69 Å². The largest absolute Gasteiger partial charge is 0.332 e. The summed E-state index contributed by atoms with van der Waals surface area (Å²) >= 11 is 0. The Morgan fingerprint density at radius 1 is 1.27 bits per heavy atom. The standard InChI is InChI=1S/C18H22N6O2/c1-11(2)24-18(25)13-7-5-4-6-12(13)15(21-24)17-20-16(22-26-17)14-10-19-8-9-23(14)3/h4-7,11,14,19H,8-10H2,1-3H3. The minimum Gasteiger partial charge on any atom is -0.332 e. The normalized spacial score (nSPS) is 18.7. The maximum absolute atomic E-state index is 12.7. The molecule has 1 unspecified atom stereocenters. The number of hydrogen-bond donors (Lipinski definition) is 1. The molecule has 1 N–H and O–H groups in total. The molecule has 1 aliphatic heterocycles. The fraction of sp³-hybridized carbons (Fsp3) is 0.444. The predicted molar refractivity (Wildman–Crippen MR) is 97.9 cm³/mol. The molecule has 1 aromatic carbocycles. The van der Waals surface area contributed by atoms with E-state index in [4.69, 9.17) is 4.52 Å². The Bertz CT molecular complexity index is 993. The summed E-state index contributed by atoms with van der Waals surface area (Å²) in [6.45, 7) is 6.50. The van der Waals surface area contributed by atoms with E-state index in [2.05, 4.69) is 25.5 Å². The highest BCUT2D eigenvalue weighted by Crippen LogP contribution is 2.26. The highest BCUT2D eigenvalue weighted by molar-refractivity contribution is 5.91. The van der Waals surface area contributed by atoms with Crippen LogP contribution >= 0.6 is 0 Å². The summed E-state index contributed by atoms with van der Waals surface area (Å²) < 4.78 is 7.01. The molecule has 0 bridgehead atoms. The molecule has 2 aromatic heterocycles. The number of hydrogen-bond acceptors (Lipinski definition) is 7. The summed E-state index contributed by atoms with van der Waals surface area (Å²) in [6, 6.07) is 7.38. The Morgan fingerprint density at radius 3 is 2.77 bits per heavy atom. The number of rotatable bonds is 3. The van der Waals surface area contributed by atoms with Gasteiger partial charge >= 0.3 is 0 Å². The first kappa shape index (κ1) is 16.9. The third-order valence-corrected chi connectivity index (χ3v) is 4.77. The fourth-order valence-electron chi connectivity index (χ4n) is 3.28. The molecule has 8 nitrogen and oxygen atoms in total. The second-order valence-corrected chi connectivity index (χ2v) is 6.90. The topological polar surface area (TPSA) is 89.1 Å². The van der Waals surface area contributed by atoms with Gasteiger partial charge in [0.25, 0.3) is 11.4 Å². The van der Waals surface area contributed by atoms with Crippen molar-refractivity contribution in [1.82, 2.24) is 30.1 Å². The van der Waals surface area contributed by atoms with Gasteiger partial charge in [0.15, 0.2) is 11.5 Å². The van der Waals surface area contributed by atoms with E-state index in [0.29, 0.717) is 22.8 Å². The minimum absolute atomic E-state index is 0.0588. The average molecular weight is 354 g/mol. The lowest BCUT2D eigenvalue weighted by Crippen LogP contribution is -2.44. The molecular weight excluding hydrogens is 332 g/mol. The number of benzene rings is 1. The second-order valence-electron chi connectivity index (χ2n) is 6.90. The molecule has 1 fully saturated rings. The smallest absolute Gasteiger partial charge is 0.279 e. The number of nitrogens with one attached hydrogen (secondary N) is 1. The lowest BCUT2D eigenvalue weighted by atomic mass is 10.1. The van der Waals surface area contributed by atoms with Crippen molar-refractivity contribution in [3.63, 3.8) is 0 Å². The van der Waals surface area contributed by atoms with Gasteiger partial charge in [0.05, 0.1) is 17.5 Å². The fourth-order valence-corrected chi connectivity index (χ4v) is 3.28. The van der Waals surface area contributed by atoms with Crippen LogP contribution in [0.2, 0.25) is 0 Å². The van der Waals surface area contributed by atoms with Gasteiger partial charge in [-0.2, -0.15) is 10.1 Å². The van der Waals surface area contributed by atoms with Crippen molar-refractivity contribution in [3.8, 4) is 11.6 Å². The Kier molecular flexibility index (Phi) is 4.29. The van der Waals surface area contributed by atoms with Crippen molar-refractivity contribution in [2.24, 2.45) is 0 Å². The maximum Gasteiger partial charge on any atom is 0.279 e. The van der Waals surface area contributed by atoms with Gasteiger partial charge in [-0.05, 0) is 27.0 Å². The van der Waals surface area contributed by atoms with Crippen LogP contribution in [-0.2, 0) is 0 Å². The predicted octanol–water partition coefficient (Wildman–Crippen LogP) is 1.60. The number of piperazine rings is 1. The Labute approximate surface area is 150 Å². The summed E-state index contributed by atoms with van der Waals surface area (Å²) in [5, 5.41) is 13.4. The SMILES string of the molecule is CC(C)n1nc(-c2nc(C3CNCCN3C)no2)c2ccccc2c1=O. The first-order valence-electron chi connectivity index (χ1n) is 8.82. The molecule has 1 aliphatic rings. The molecular formula is C18H22N6O2. The molecule has 1 saturated heterocycles. The Balaban J connectivity index is 1.84. The molecule has 0 saturated carbocycles. The van der Waals surface area contributed by atoms with E-state index in [-0.39, 0.29) is 17.6 Å². The summed E-state index contributed by atoms with van der Waals surface area (Å²) in [7, 11) is 2.05. The molecule has 26 heavy (non-hydrogen) atoms. The lowest BCUT2D eigenvalue weighted by molar-refractivity contribution is 0.190. The van der Waals surface area contributed by atoms with Crippen LogP contribution in [0.15, 0.2) is 33.6 Å². The van der Waals surface area contributed by atoms with Gasteiger partial charge in [0, 0.05) is 25.0 Å². The molecule has 0 radical (unpaired) electrons. The van der Waals surface area contributed by atoms with Crippen LogP contribution in [0.1, 0.15) is 31.8 Å². The first-order valence-corrected chi connectivity index (χ1v) is 8.82. The van der Waals surface area contributed by atoms with Gasteiger partial charge in [0.1, 0.15) is 0 Å². The van der Waals surface area contributed by atoms with Crippen LogP contribution in [0.5, 0.6) is 0 Å². The van der Waals surface area contributed by atoms with E-state index < -0.39 is 0 Å². The van der Waals surface area contributed by atoms with Crippen LogP contribution in [0.4, 0.5) is 0 Å². The Hall–Kier alpha value is -2.58. The van der Waals surface area contributed by atoms with Crippen LogP contribution in [-0.4, -0.2) is 51.5 Å². The van der Waals surface area contributed by atoms with E-state index in [0.717, 1.165) is 25.0 Å². The van der Waals surface area contributed by atoms with Crippen LogP contribution in [0.25, 0.3) is 22.4 Å².